The van der Waals surface area contributed by atoms with Crippen LogP contribution >= 0.6 is 0 Å². The highest BCUT2D eigenvalue weighted by Crippen LogP contribution is 2.24. The van der Waals surface area contributed by atoms with Gasteiger partial charge in [0.25, 0.3) is 0 Å². The lowest BCUT2D eigenvalue weighted by molar-refractivity contribution is 1.09. The molecule has 0 aliphatic carbocycles. The standard InChI is InChI=1S/C14H12N4/c1-10-14(16-8-7-15-10)12-4-2-3-11(9-12)13-5-6-17-18-13/h2-9H,1H3,(H,17,18). The van der Waals surface area contributed by atoms with Crippen molar-refractivity contribution in [3.8, 4) is 22.5 Å². The summed E-state index contributed by atoms with van der Waals surface area (Å²) in [7, 11) is 0. The van der Waals surface area contributed by atoms with E-state index in [0.29, 0.717) is 0 Å². The van der Waals surface area contributed by atoms with E-state index in [0.717, 1.165) is 28.2 Å². The van der Waals surface area contributed by atoms with Crippen LogP contribution in [0.5, 0.6) is 0 Å². The Hall–Kier alpha value is -2.49. The summed E-state index contributed by atoms with van der Waals surface area (Å²) in [5, 5.41) is 6.93. The molecule has 18 heavy (non-hydrogen) atoms. The topological polar surface area (TPSA) is 54.5 Å². The zero-order valence-electron chi connectivity index (χ0n) is 9.96. The number of aryl methyl sites for hydroxylation is 1. The van der Waals surface area contributed by atoms with Gasteiger partial charge in [0.05, 0.1) is 17.1 Å². The van der Waals surface area contributed by atoms with Crippen molar-refractivity contribution in [3.05, 3.63) is 54.6 Å². The molecular formula is C14H12N4. The van der Waals surface area contributed by atoms with E-state index in [2.05, 4.69) is 26.2 Å². The summed E-state index contributed by atoms with van der Waals surface area (Å²) in [6, 6.07) is 10.1. The second-order valence-corrected chi connectivity index (χ2v) is 4.04. The summed E-state index contributed by atoms with van der Waals surface area (Å²) >= 11 is 0. The number of hydrogen-bond acceptors (Lipinski definition) is 3. The van der Waals surface area contributed by atoms with E-state index in [4.69, 9.17) is 0 Å². The third-order valence-corrected chi connectivity index (χ3v) is 2.83. The lowest BCUT2D eigenvalue weighted by Crippen LogP contribution is -1.91. The molecule has 0 spiro atoms. The van der Waals surface area contributed by atoms with Crippen LogP contribution in [0.1, 0.15) is 5.69 Å². The highest BCUT2D eigenvalue weighted by atomic mass is 15.1. The van der Waals surface area contributed by atoms with E-state index in [1.54, 1.807) is 18.6 Å². The quantitative estimate of drug-likeness (QED) is 0.744. The highest BCUT2D eigenvalue weighted by Gasteiger charge is 2.06. The molecule has 0 aliphatic heterocycles. The van der Waals surface area contributed by atoms with Crippen molar-refractivity contribution < 1.29 is 0 Å². The maximum absolute atomic E-state index is 4.38. The Balaban J connectivity index is 2.10. The second kappa shape index (κ2) is 4.41. The zero-order chi connectivity index (χ0) is 12.4. The van der Waals surface area contributed by atoms with Crippen LogP contribution < -0.4 is 0 Å². The molecule has 0 saturated carbocycles. The molecule has 0 bridgehead atoms. The molecule has 0 fully saturated rings. The first kappa shape index (κ1) is 10.7. The van der Waals surface area contributed by atoms with Crippen LogP contribution in [0.3, 0.4) is 0 Å². The Morgan fingerprint density at radius 2 is 1.78 bits per heavy atom. The fourth-order valence-electron chi connectivity index (χ4n) is 1.94. The smallest absolute Gasteiger partial charge is 0.0914 e. The van der Waals surface area contributed by atoms with Gasteiger partial charge in [0.15, 0.2) is 0 Å². The summed E-state index contributed by atoms with van der Waals surface area (Å²) in [6.45, 7) is 1.96. The Bertz CT molecular complexity index is 659. The first-order valence-electron chi connectivity index (χ1n) is 5.72. The number of H-pyrrole nitrogens is 1. The van der Waals surface area contributed by atoms with Crippen LogP contribution in [0.2, 0.25) is 0 Å². The lowest BCUT2D eigenvalue weighted by Gasteiger charge is -2.05. The molecule has 1 aromatic carbocycles. The summed E-state index contributed by atoms with van der Waals surface area (Å²) < 4.78 is 0. The van der Waals surface area contributed by atoms with Gasteiger partial charge in [0, 0.05) is 29.7 Å². The Kier molecular flexibility index (Phi) is 2.61. The van der Waals surface area contributed by atoms with Gasteiger partial charge in [-0.15, -0.1) is 0 Å². The van der Waals surface area contributed by atoms with Crippen LogP contribution in [0.15, 0.2) is 48.9 Å². The first-order valence-corrected chi connectivity index (χ1v) is 5.72. The van der Waals surface area contributed by atoms with Crippen molar-refractivity contribution in [2.75, 3.05) is 0 Å². The van der Waals surface area contributed by atoms with Gasteiger partial charge in [0.2, 0.25) is 0 Å². The second-order valence-electron chi connectivity index (χ2n) is 4.04. The molecule has 4 heteroatoms. The van der Waals surface area contributed by atoms with Gasteiger partial charge in [-0.3, -0.25) is 15.1 Å². The molecule has 3 rings (SSSR count). The van der Waals surface area contributed by atoms with Crippen molar-refractivity contribution in [2.45, 2.75) is 6.92 Å². The largest absolute Gasteiger partial charge is 0.278 e. The van der Waals surface area contributed by atoms with Crippen LogP contribution in [0, 0.1) is 6.92 Å². The number of nitrogens with zero attached hydrogens (tertiary/aromatic N) is 3. The number of benzene rings is 1. The number of rotatable bonds is 2. The number of aromatic nitrogens is 4. The van der Waals surface area contributed by atoms with Crippen molar-refractivity contribution >= 4 is 0 Å². The van der Waals surface area contributed by atoms with Crippen molar-refractivity contribution in [1.82, 2.24) is 20.2 Å². The molecule has 1 N–H and O–H groups in total. The lowest BCUT2D eigenvalue weighted by atomic mass is 10.0. The van der Waals surface area contributed by atoms with E-state index < -0.39 is 0 Å². The van der Waals surface area contributed by atoms with Gasteiger partial charge < -0.3 is 0 Å². The van der Waals surface area contributed by atoms with E-state index in [-0.39, 0.29) is 0 Å². The van der Waals surface area contributed by atoms with Gasteiger partial charge in [-0.05, 0) is 19.1 Å². The van der Waals surface area contributed by atoms with Crippen molar-refractivity contribution in [2.24, 2.45) is 0 Å². The molecule has 2 heterocycles. The Labute approximate surface area is 105 Å². The number of hydrogen-bond donors (Lipinski definition) is 1. The van der Waals surface area contributed by atoms with E-state index in [1.807, 2.05) is 31.2 Å². The molecule has 4 nitrogen and oxygen atoms in total. The normalized spacial score (nSPS) is 10.5. The van der Waals surface area contributed by atoms with Crippen molar-refractivity contribution in [1.29, 1.82) is 0 Å². The summed E-state index contributed by atoms with van der Waals surface area (Å²) in [5.74, 6) is 0. The number of aromatic amines is 1. The van der Waals surface area contributed by atoms with Crippen LogP contribution in [0.4, 0.5) is 0 Å². The minimum Gasteiger partial charge on any atom is -0.278 e. The SMILES string of the molecule is Cc1nccnc1-c1cccc(-c2ccn[nH]2)c1. The van der Waals surface area contributed by atoms with E-state index in [9.17, 15) is 0 Å². The van der Waals surface area contributed by atoms with E-state index in [1.165, 1.54) is 0 Å². The molecule has 0 saturated heterocycles. The zero-order valence-corrected chi connectivity index (χ0v) is 9.96. The highest BCUT2D eigenvalue weighted by molar-refractivity contribution is 5.70. The predicted molar refractivity (Wildman–Crippen MR) is 69.8 cm³/mol. The molecule has 3 aromatic rings. The fourth-order valence-corrected chi connectivity index (χ4v) is 1.94. The third kappa shape index (κ3) is 1.88. The van der Waals surface area contributed by atoms with Crippen molar-refractivity contribution in [3.63, 3.8) is 0 Å². The monoisotopic (exact) mass is 236 g/mol. The molecule has 2 aromatic heterocycles. The minimum atomic E-state index is 0.916. The summed E-state index contributed by atoms with van der Waals surface area (Å²) in [6.07, 6.45) is 5.17. The van der Waals surface area contributed by atoms with Crippen LogP contribution in [-0.4, -0.2) is 20.2 Å². The molecular weight excluding hydrogens is 224 g/mol. The fraction of sp³-hybridized carbons (Fsp3) is 0.0714. The van der Waals surface area contributed by atoms with Crippen LogP contribution in [-0.2, 0) is 0 Å². The maximum Gasteiger partial charge on any atom is 0.0914 e. The van der Waals surface area contributed by atoms with Gasteiger partial charge >= 0.3 is 0 Å². The van der Waals surface area contributed by atoms with Gasteiger partial charge in [-0.1, -0.05) is 18.2 Å². The average Bonchev–Trinajstić information content (AvgIpc) is 2.93. The first-order chi connectivity index (χ1) is 8.84. The molecule has 0 aliphatic rings. The van der Waals surface area contributed by atoms with Gasteiger partial charge in [-0.25, -0.2) is 0 Å². The maximum atomic E-state index is 4.38. The molecule has 88 valence electrons. The average molecular weight is 236 g/mol. The van der Waals surface area contributed by atoms with E-state index >= 15 is 0 Å². The summed E-state index contributed by atoms with van der Waals surface area (Å²) in [5.41, 5.74) is 5.00. The third-order valence-electron chi connectivity index (χ3n) is 2.83. The molecule has 0 radical (unpaired) electrons. The van der Waals surface area contributed by atoms with Gasteiger partial charge in [-0.2, -0.15) is 5.10 Å². The molecule has 0 atom stereocenters. The molecule has 0 unspecified atom stereocenters. The minimum absolute atomic E-state index is 0.916. The number of nitrogens with one attached hydrogen (secondary N) is 1. The summed E-state index contributed by atoms with van der Waals surface area (Å²) in [4.78, 5) is 8.65. The predicted octanol–water partition coefficient (Wildman–Crippen LogP) is 2.84. The van der Waals surface area contributed by atoms with Gasteiger partial charge in [0.1, 0.15) is 0 Å². The van der Waals surface area contributed by atoms with Crippen LogP contribution in [0.25, 0.3) is 22.5 Å². The Morgan fingerprint density at radius 3 is 2.56 bits per heavy atom. The Morgan fingerprint density at radius 1 is 0.944 bits per heavy atom. The molecule has 0 amide bonds.